The van der Waals surface area contributed by atoms with Gasteiger partial charge in [0.25, 0.3) is 0 Å². The quantitative estimate of drug-likeness (QED) is 0.674. The van der Waals surface area contributed by atoms with Crippen LogP contribution in [-0.2, 0) is 0 Å². The van der Waals surface area contributed by atoms with Gasteiger partial charge < -0.3 is 4.90 Å². The normalized spacial score (nSPS) is 15.1. The zero-order valence-corrected chi connectivity index (χ0v) is 9.93. The van der Waals surface area contributed by atoms with Crippen LogP contribution in [0.2, 0.25) is 0 Å². The number of nitriles is 1. The third-order valence-corrected chi connectivity index (χ3v) is 2.52. The molecule has 0 aromatic rings. The molecule has 1 N–H and O–H groups in total. The fraction of sp³-hybridized carbons (Fsp3) is 0.909. The average Bonchev–Trinajstić information content (AvgIpc) is 2.16. The van der Waals surface area contributed by atoms with Gasteiger partial charge in [-0.2, -0.15) is 5.26 Å². The molecule has 0 rings (SSSR count). The van der Waals surface area contributed by atoms with E-state index in [4.69, 9.17) is 5.26 Å². The van der Waals surface area contributed by atoms with Gasteiger partial charge in [-0.05, 0) is 26.9 Å². The third kappa shape index (κ3) is 4.59. The molecule has 3 heteroatoms. The summed E-state index contributed by atoms with van der Waals surface area (Å²) in [6.07, 6.45) is 2.87. The van der Waals surface area contributed by atoms with E-state index in [2.05, 4.69) is 30.1 Å². The number of hydrogen-bond acceptors (Lipinski definition) is 3. The Morgan fingerprint density at radius 2 is 2.00 bits per heavy atom. The Hall–Kier alpha value is -0.590. The summed E-state index contributed by atoms with van der Waals surface area (Å²) in [6.45, 7) is 6.05. The maximum Gasteiger partial charge on any atom is 0.106 e. The van der Waals surface area contributed by atoms with Crippen molar-refractivity contribution in [3.8, 4) is 6.07 Å². The van der Waals surface area contributed by atoms with Crippen LogP contribution >= 0.6 is 0 Å². The van der Waals surface area contributed by atoms with Crippen LogP contribution in [-0.4, -0.2) is 37.6 Å². The predicted octanol–water partition coefficient (Wildman–Crippen LogP) is 1.61. The van der Waals surface area contributed by atoms with E-state index in [1.165, 1.54) is 0 Å². The lowest BCUT2D eigenvalue weighted by Crippen LogP contribution is -2.45. The molecule has 1 atom stereocenters. The molecule has 82 valence electrons. The molecule has 0 aromatic carbocycles. The average molecular weight is 197 g/mol. The Bertz CT molecular complexity index is 183. The van der Waals surface area contributed by atoms with Gasteiger partial charge in [0.15, 0.2) is 0 Å². The largest absolute Gasteiger partial charge is 0.308 e. The maximum absolute atomic E-state index is 9.15. The summed E-state index contributed by atoms with van der Waals surface area (Å²) in [5.74, 6) is 0. The SMILES string of the molecule is CCCC(C#N)(CC)NCCN(C)C. The molecule has 0 saturated carbocycles. The molecule has 0 aromatic heterocycles. The molecule has 0 aliphatic rings. The lowest BCUT2D eigenvalue weighted by atomic mass is 9.92. The second kappa shape index (κ2) is 6.80. The summed E-state index contributed by atoms with van der Waals surface area (Å²) < 4.78 is 0. The molecule has 0 saturated heterocycles. The van der Waals surface area contributed by atoms with E-state index >= 15 is 0 Å². The van der Waals surface area contributed by atoms with Crippen molar-refractivity contribution in [3.63, 3.8) is 0 Å². The van der Waals surface area contributed by atoms with Gasteiger partial charge in [-0.25, -0.2) is 0 Å². The van der Waals surface area contributed by atoms with E-state index in [1.54, 1.807) is 0 Å². The number of likely N-dealkylation sites (N-methyl/N-ethyl adjacent to an activating group) is 1. The van der Waals surface area contributed by atoms with Gasteiger partial charge in [-0.3, -0.25) is 5.32 Å². The topological polar surface area (TPSA) is 39.1 Å². The monoisotopic (exact) mass is 197 g/mol. The highest BCUT2D eigenvalue weighted by Crippen LogP contribution is 2.15. The summed E-state index contributed by atoms with van der Waals surface area (Å²) in [4.78, 5) is 2.12. The van der Waals surface area contributed by atoms with Crippen LogP contribution in [0.1, 0.15) is 33.1 Å². The highest BCUT2D eigenvalue weighted by atomic mass is 15.1. The summed E-state index contributed by atoms with van der Waals surface area (Å²) in [5.41, 5.74) is -0.301. The van der Waals surface area contributed by atoms with Crippen molar-refractivity contribution in [2.24, 2.45) is 0 Å². The molecule has 0 aliphatic carbocycles. The number of nitrogens with zero attached hydrogens (tertiary/aromatic N) is 2. The lowest BCUT2D eigenvalue weighted by Gasteiger charge is -2.27. The van der Waals surface area contributed by atoms with Crippen LogP contribution in [0.3, 0.4) is 0 Å². The van der Waals surface area contributed by atoms with Crippen molar-refractivity contribution in [1.29, 1.82) is 5.26 Å². The highest BCUT2D eigenvalue weighted by Gasteiger charge is 2.25. The maximum atomic E-state index is 9.15. The number of nitrogens with one attached hydrogen (secondary N) is 1. The van der Waals surface area contributed by atoms with E-state index in [9.17, 15) is 0 Å². The van der Waals surface area contributed by atoms with Crippen molar-refractivity contribution >= 4 is 0 Å². The zero-order valence-electron chi connectivity index (χ0n) is 9.93. The standard InChI is InChI=1S/C11H23N3/c1-5-7-11(6-2,10-12)13-8-9-14(3)4/h13H,5-9H2,1-4H3. The molecule has 0 aliphatic heterocycles. The van der Waals surface area contributed by atoms with Gasteiger partial charge in [0.05, 0.1) is 6.07 Å². The van der Waals surface area contributed by atoms with Gasteiger partial charge in [-0.15, -0.1) is 0 Å². The Kier molecular flexibility index (Phi) is 6.52. The molecule has 0 fully saturated rings. The van der Waals surface area contributed by atoms with E-state index in [0.29, 0.717) is 0 Å². The molecular weight excluding hydrogens is 174 g/mol. The lowest BCUT2D eigenvalue weighted by molar-refractivity contribution is 0.330. The van der Waals surface area contributed by atoms with Crippen LogP contribution in [0, 0.1) is 11.3 Å². The van der Waals surface area contributed by atoms with Gasteiger partial charge in [0.2, 0.25) is 0 Å². The van der Waals surface area contributed by atoms with Gasteiger partial charge in [-0.1, -0.05) is 20.3 Å². The number of hydrogen-bond donors (Lipinski definition) is 1. The molecular formula is C11H23N3. The fourth-order valence-corrected chi connectivity index (χ4v) is 1.51. The summed E-state index contributed by atoms with van der Waals surface area (Å²) in [5, 5.41) is 12.5. The van der Waals surface area contributed by atoms with Crippen LogP contribution in [0.25, 0.3) is 0 Å². The minimum absolute atomic E-state index is 0.301. The van der Waals surface area contributed by atoms with Gasteiger partial charge in [0, 0.05) is 13.1 Å². The van der Waals surface area contributed by atoms with Crippen molar-refractivity contribution in [2.45, 2.75) is 38.6 Å². The smallest absolute Gasteiger partial charge is 0.106 e. The van der Waals surface area contributed by atoms with E-state index in [1.807, 2.05) is 14.1 Å². The Morgan fingerprint density at radius 1 is 1.36 bits per heavy atom. The minimum atomic E-state index is -0.301. The zero-order chi connectivity index (χ0) is 11.0. The molecule has 0 bridgehead atoms. The first-order chi connectivity index (χ1) is 6.60. The molecule has 1 unspecified atom stereocenters. The molecule has 0 radical (unpaired) electrons. The summed E-state index contributed by atoms with van der Waals surface area (Å²) in [6, 6.07) is 2.41. The minimum Gasteiger partial charge on any atom is -0.308 e. The van der Waals surface area contributed by atoms with Crippen LogP contribution in [0.15, 0.2) is 0 Å². The van der Waals surface area contributed by atoms with E-state index in [0.717, 1.165) is 32.4 Å². The van der Waals surface area contributed by atoms with Crippen LogP contribution in [0.4, 0.5) is 0 Å². The summed E-state index contributed by atoms with van der Waals surface area (Å²) >= 11 is 0. The first kappa shape index (κ1) is 13.4. The van der Waals surface area contributed by atoms with Crippen molar-refractivity contribution < 1.29 is 0 Å². The molecule has 14 heavy (non-hydrogen) atoms. The van der Waals surface area contributed by atoms with Crippen molar-refractivity contribution in [3.05, 3.63) is 0 Å². The summed E-state index contributed by atoms with van der Waals surface area (Å²) in [7, 11) is 4.09. The van der Waals surface area contributed by atoms with E-state index in [-0.39, 0.29) is 5.54 Å². The Morgan fingerprint density at radius 3 is 2.36 bits per heavy atom. The van der Waals surface area contributed by atoms with Crippen LogP contribution in [0.5, 0.6) is 0 Å². The Labute approximate surface area is 88.1 Å². The van der Waals surface area contributed by atoms with Gasteiger partial charge in [0.1, 0.15) is 5.54 Å². The predicted molar refractivity (Wildman–Crippen MR) is 60.1 cm³/mol. The van der Waals surface area contributed by atoms with Gasteiger partial charge >= 0.3 is 0 Å². The molecule has 0 spiro atoms. The highest BCUT2D eigenvalue weighted by molar-refractivity contribution is 5.05. The molecule has 0 heterocycles. The molecule has 3 nitrogen and oxygen atoms in total. The van der Waals surface area contributed by atoms with Crippen molar-refractivity contribution in [2.75, 3.05) is 27.2 Å². The first-order valence-electron chi connectivity index (χ1n) is 5.41. The fourth-order valence-electron chi connectivity index (χ4n) is 1.51. The first-order valence-corrected chi connectivity index (χ1v) is 5.41. The Balaban J connectivity index is 4.03. The van der Waals surface area contributed by atoms with Crippen molar-refractivity contribution in [1.82, 2.24) is 10.2 Å². The van der Waals surface area contributed by atoms with Crippen LogP contribution < -0.4 is 5.32 Å². The van der Waals surface area contributed by atoms with E-state index < -0.39 is 0 Å². The number of rotatable bonds is 7. The molecule has 0 amide bonds. The third-order valence-electron chi connectivity index (χ3n) is 2.52. The second-order valence-electron chi connectivity index (χ2n) is 4.03. The second-order valence-corrected chi connectivity index (χ2v) is 4.03.